The van der Waals surface area contributed by atoms with Gasteiger partial charge in [-0.05, 0) is 42.7 Å². The van der Waals surface area contributed by atoms with Crippen LogP contribution in [-0.2, 0) is 21.4 Å². The van der Waals surface area contributed by atoms with Crippen molar-refractivity contribution in [2.24, 2.45) is 5.73 Å². The number of carbonyl (C=O) groups excluding carboxylic acids is 1. The van der Waals surface area contributed by atoms with E-state index in [0.717, 1.165) is 19.3 Å². The molecule has 1 amide bonds. The third-order valence-corrected chi connectivity index (χ3v) is 5.13. The van der Waals surface area contributed by atoms with Gasteiger partial charge in [-0.25, -0.2) is 0 Å². The standard InChI is InChI=1S/C20H30N2O3/c1-19(2,3)15-8-6-14(7-9-15)13-20(4)10-5-11-22(20)18(25)16(21)12-17(23)24/h6-9,16H,5,10-13,21H2,1-4H3,(H,23,24)/t16-,20?/m0/s1. The summed E-state index contributed by atoms with van der Waals surface area (Å²) < 4.78 is 0. The quantitative estimate of drug-likeness (QED) is 0.858. The van der Waals surface area contributed by atoms with Crippen LogP contribution in [0.3, 0.4) is 0 Å². The molecular weight excluding hydrogens is 316 g/mol. The molecule has 1 aromatic rings. The maximum atomic E-state index is 12.6. The van der Waals surface area contributed by atoms with Crippen molar-refractivity contribution in [1.29, 1.82) is 0 Å². The van der Waals surface area contributed by atoms with Crippen LogP contribution in [0.25, 0.3) is 0 Å². The summed E-state index contributed by atoms with van der Waals surface area (Å²) in [6, 6.07) is 7.58. The largest absolute Gasteiger partial charge is 0.481 e. The number of amides is 1. The minimum absolute atomic E-state index is 0.112. The number of carboxylic acid groups (broad SMARTS) is 1. The van der Waals surface area contributed by atoms with Crippen molar-refractivity contribution in [3.63, 3.8) is 0 Å². The Bertz CT molecular complexity index is 633. The zero-order chi connectivity index (χ0) is 18.8. The van der Waals surface area contributed by atoms with E-state index in [9.17, 15) is 9.59 Å². The molecule has 0 saturated carbocycles. The third kappa shape index (κ3) is 4.60. The van der Waals surface area contributed by atoms with Gasteiger partial charge in [-0.15, -0.1) is 0 Å². The van der Waals surface area contributed by atoms with Crippen LogP contribution in [0.2, 0.25) is 0 Å². The molecule has 1 aromatic carbocycles. The fourth-order valence-corrected chi connectivity index (χ4v) is 3.62. The Hall–Kier alpha value is -1.88. The summed E-state index contributed by atoms with van der Waals surface area (Å²) in [4.78, 5) is 25.2. The van der Waals surface area contributed by atoms with Gasteiger partial charge in [0.1, 0.15) is 0 Å². The normalized spacial score (nSPS) is 22.0. The lowest BCUT2D eigenvalue weighted by atomic mass is 9.84. The molecular formula is C20H30N2O3. The predicted octanol–water partition coefficient (Wildman–Crippen LogP) is 2.71. The first-order valence-corrected chi connectivity index (χ1v) is 8.91. The molecule has 1 saturated heterocycles. The number of carbonyl (C=O) groups is 2. The van der Waals surface area contributed by atoms with Crippen molar-refractivity contribution >= 4 is 11.9 Å². The second-order valence-corrected chi connectivity index (χ2v) is 8.42. The summed E-state index contributed by atoms with van der Waals surface area (Å²) >= 11 is 0. The predicted molar refractivity (Wildman–Crippen MR) is 98.4 cm³/mol. The van der Waals surface area contributed by atoms with Crippen molar-refractivity contribution < 1.29 is 14.7 Å². The Kier molecular flexibility index (Phi) is 5.57. The van der Waals surface area contributed by atoms with Crippen LogP contribution < -0.4 is 5.73 Å². The van der Waals surface area contributed by atoms with E-state index in [2.05, 4.69) is 52.0 Å². The van der Waals surface area contributed by atoms with Crippen LogP contribution >= 0.6 is 0 Å². The van der Waals surface area contributed by atoms with Crippen LogP contribution in [0.1, 0.15) is 58.1 Å². The number of likely N-dealkylation sites (tertiary alicyclic amines) is 1. The molecule has 0 aliphatic carbocycles. The van der Waals surface area contributed by atoms with Crippen LogP contribution in [0.15, 0.2) is 24.3 Å². The highest BCUT2D eigenvalue weighted by Crippen LogP contribution is 2.33. The zero-order valence-electron chi connectivity index (χ0n) is 15.7. The van der Waals surface area contributed by atoms with Gasteiger partial charge in [0.2, 0.25) is 5.91 Å². The van der Waals surface area contributed by atoms with Crippen LogP contribution in [0.5, 0.6) is 0 Å². The van der Waals surface area contributed by atoms with Crippen molar-refractivity contribution in [3.8, 4) is 0 Å². The first-order chi connectivity index (χ1) is 11.5. The summed E-state index contributed by atoms with van der Waals surface area (Å²) in [7, 11) is 0. The number of rotatable bonds is 5. The molecule has 3 N–H and O–H groups in total. The molecule has 0 bridgehead atoms. The van der Waals surface area contributed by atoms with Gasteiger partial charge in [0.15, 0.2) is 0 Å². The number of nitrogens with zero attached hydrogens (tertiary/aromatic N) is 1. The highest BCUT2D eigenvalue weighted by Gasteiger charge is 2.41. The van der Waals surface area contributed by atoms with Crippen LogP contribution in [0.4, 0.5) is 0 Å². The molecule has 1 unspecified atom stereocenters. The van der Waals surface area contributed by atoms with Gasteiger partial charge in [0.05, 0.1) is 12.5 Å². The zero-order valence-corrected chi connectivity index (χ0v) is 15.7. The van der Waals surface area contributed by atoms with Gasteiger partial charge in [0, 0.05) is 12.1 Å². The SMILES string of the molecule is CC(C)(C)c1ccc(CC2(C)CCCN2C(=O)[C@@H](N)CC(=O)O)cc1. The van der Waals surface area contributed by atoms with Crippen LogP contribution in [0, 0.1) is 0 Å². The molecule has 25 heavy (non-hydrogen) atoms. The molecule has 0 spiro atoms. The Morgan fingerprint density at radius 3 is 2.40 bits per heavy atom. The number of hydrogen-bond donors (Lipinski definition) is 2. The van der Waals surface area contributed by atoms with Crippen LogP contribution in [-0.4, -0.2) is 40.0 Å². The number of benzene rings is 1. The van der Waals surface area contributed by atoms with E-state index < -0.39 is 12.0 Å². The molecule has 1 heterocycles. The Morgan fingerprint density at radius 2 is 1.88 bits per heavy atom. The minimum atomic E-state index is -1.04. The fourth-order valence-electron chi connectivity index (χ4n) is 3.62. The molecule has 2 atom stereocenters. The van der Waals surface area contributed by atoms with Crippen molar-refractivity contribution in [3.05, 3.63) is 35.4 Å². The van der Waals surface area contributed by atoms with E-state index in [1.807, 2.05) is 0 Å². The lowest BCUT2D eigenvalue weighted by Crippen LogP contribution is -2.53. The summed E-state index contributed by atoms with van der Waals surface area (Å²) in [5.41, 5.74) is 8.08. The Balaban J connectivity index is 2.13. The smallest absolute Gasteiger partial charge is 0.305 e. The third-order valence-electron chi connectivity index (χ3n) is 5.13. The number of aliphatic carboxylic acids is 1. The molecule has 0 aromatic heterocycles. The summed E-state index contributed by atoms with van der Waals surface area (Å²) in [6.07, 6.45) is 2.25. The van der Waals surface area contributed by atoms with Gasteiger partial charge in [-0.1, -0.05) is 45.0 Å². The van der Waals surface area contributed by atoms with Crippen molar-refractivity contribution in [2.75, 3.05) is 6.54 Å². The first-order valence-electron chi connectivity index (χ1n) is 8.91. The summed E-state index contributed by atoms with van der Waals surface area (Å²) in [5, 5.41) is 8.88. The van der Waals surface area contributed by atoms with Crippen molar-refractivity contribution in [2.45, 2.75) is 70.4 Å². The van der Waals surface area contributed by atoms with E-state index in [0.29, 0.717) is 6.54 Å². The van der Waals surface area contributed by atoms with Gasteiger partial charge in [-0.3, -0.25) is 9.59 Å². The Morgan fingerprint density at radius 1 is 1.28 bits per heavy atom. The molecule has 0 radical (unpaired) electrons. The van der Waals surface area contributed by atoms with E-state index in [1.165, 1.54) is 11.1 Å². The van der Waals surface area contributed by atoms with E-state index in [-0.39, 0.29) is 23.3 Å². The van der Waals surface area contributed by atoms with E-state index >= 15 is 0 Å². The average molecular weight is 346 g/mol. The minimum Gasteiger partial charge on any atom is -0.481 e. The maximum Gasteiger partial charge on any atom is 0.305 e. The number of carboxylic acids is 1. The van der Waals surface area contributed by atoms with E-state index in [1.54, 1.807) is 4.90 Å². The highest BCUT2D eigenvalue weighted by atomic mass is 16.4. The van der Waals surface area contributed by atoms with Gasteiger partial charge < -0.3 is 15.7 Å². The Labute approximate surface area is 150 Å². The van der Waals surface area contributed by atoms with Crippen molar-refractivity contribution in [1.82, 2.24) is 4.90 Å². The molecule has 5 heteroatoms. The average Bonchev–Trinajstić information content (AvgIpc) is 2.86. The van der Waals surface area contributed by atoms with Gasteiger partial charge in [0.25, 0.3) is 0 Å². The second kappa shape index (κ2) is 7.16. The topological polar surface area (TPSA) is 83.6 Å². The van der Waals surface area contributed by atoms with Gasteiger partial charge in [-0.2, -0.15) is 0 Å². The number of hydrogen-bond acceptors (Lipinski definition) is 3. The summed E-state index contributed by atoms with van der Waals surface area (Å²) in [6.45, 7) is 9.27. The lowest BCUT2D eigenvalue weighted by Gasteiger charge is -2.37. The molecule has 2 rings (SSSR count). The van der Waals surface area contributed by atoms with Gasteiger partial charge >= 0.3 is 5.97 Å². The molecule has 1 fully saturated rings. The molecule has 138 valence electrons. The highest BCUT2D eigenvalue weighted by molar-refractivity contribution is 5.86. The fraction of sp³-hybridized carbons (Fsp3) is 0.600. The lowest BCUT2D eigenvalue weighted by molar-refractivity contribution is -0.143. The number of nitrogens with two attached hydrogens (primary N) is 1. The first kappa shape index (κ1) is 19.4. The monoisotopic (exact) mass is 346 g/mol. The van der Waals surface area contributed by atoms with E-state index in [4.69, 9.17) is 10.8 Å². The maximum absolute atomic E-state index is 12.6. The second-order valence-electron chi connectivity index (χ2n) is 8.42. The molecule has 5 nitrogen and oxygen atoms in total. The molecule has 1 aliphatic rings. The molecule has 1 aliphatic heterocycles. The summed E-state index contributed by atoms with van der Waals surface area (Å²) in [5.74, 6) is -1.30.